The van der Waals surface area contributed by atoms with E-state index in [-0.39, 0.29) is 21.7 Å². The summed E-state index contributed by atoms with van der Waals surface area (Å²) < 4.78 is 44.1. The number of hydrogen-bond acceptors (Lipinski definition) is 7. The summed E-state index contributed by atoms with van der Waals surface area (Å²) in [5.41, 5.74) is 0.735. The van der Waals surface area contributed by atoms with E-state index in [4.69, 9.17) is 14.2 Å². The highest BCUT2D eigenvalue weighted by Gasteiger charge is 2.23. The van der Waals surface area contributed by atoms with Gasteiger partial charge in [0.1, 0.15) is 0 Å². The van der Waals surface area contributed by atoms with Gasteiger partial charge in [0.25, 0.3) is 10.0 Å². The minimum Gasteiger partial charge on any atom is -0.493 e. The van der Waals surface area contributed by atoms with E-state index in [0.29, 0.717) is 29.4 Å². The van der Waals surface area contributed by atoms with E-state index in [0.717, 1.165) is 4.90 Å². The molecule has 1 atom stereocenters. The molecule has 2 aromatic rings. The number of nitrogens with one attached hydrogen (secondary N) is 2. The number of fused-ring (bicyclic) bond motifs is 1. The Bertz CT molecular complexity index is 1010. The van der Waals surface area contributed by atoms with Gasteiger partial charge in [0.15, 0.2) is 11.5 Å². The number of hydrogen-bond donors (Lipinski definition) is 2. The van der Waals surface area contributed by atoms with Crippen molar-refractivity contribution < 1.29 is 27.4 Å². The van der Waals surface area contributed by atoms with Crippen molar-refractivity contribution in [3.63, 3.8) is 0 Å². The van der Waals surface area contributed by atoms with Gasteiger partial charge in [-0.3, -0.25) is 9.52 Å². The molecule has 0 unspecified atom stereocenters. The van der Waals surface area contributed by atoms with Gasteiger partial charge in [0, 0.05) is 28.7 Å². The number of benzene rings is 2. The Hall–Kier alpha value is -2.59. The first kappa shape index (κ1) is 21.1. The lowest BCUT2D eigenvalue weighted by atomic mass is 10.2. The fraction of sp³-hybridized carbons (Fsp3) is 0.316. The molecule has 0 saturated carbocycles. The van der Waals surface area contributed by atoms with Crippen molar-refractivity contribution >= 4 is 39.1 Å². The second kappa shape index (κ2) is 8.42. The summed E-state index contributed by atoms with van der Waals surface area (Å²) >= 11 is 1.53. The van der Waals surface area contributed by atoms with Crippen molar-refractivity contribution in [2.45, 2.75) is 28.4 Å². The monoisotopic (exact) mass is 438 g/mol. The van der Waals surface area contributed by atoms with E-state index in [9.17, 15) is 13.2 Å². The summed E-state index contributed by atoms with van der Waals surface area (Å²) in [5, 5.41) is 2.88. The summed E-state index contributed by atoms with van der Waals surface area (Å²) in [5.74, 6) is 0.862. The molecule has 3 rings (SSSR count). The van der Waals surface area contributed by atoms with Gasteiger partial charge >= 0.3 is 0 Å². The zero-order chi connectivity index (χ0) is 21.2. The van der Waals surface area contributed by atoms with Crippen molar-refractivity contribution in [2.24, 2.45) is 0 Å². The van der Waals surface area contributed by atoms with Crippen LogP contribution in [0.4, 0.5) is 11.4 Å². The van der Waals surface area contributed by atoms with Crippen LogP contribution in [-0.2, 0) is 14.8 Å². The fourth-order valence-electron chi connectivity index (χ4n) is 2.95. The SMILES string of the molecule is COc1cc(NS(=O)(=O)c2ccc3c(c2)NC(=O)C[C@H](C)S3)cc(OC)c1OC. The van der Waals surface area contributed by atoms with E-state index < -0.39 is 10.0 Å². The average Bonchev–Trinajstić information content (AvgIpc) is 2.82. The lowest BCUT2D eigenvalue weighted by molar-refractivity contribution is -0.116. The number of methoxy groups -OCH3 is 3. The predicted molar refractivity (Wildman–Crippen MR) is 112 cm³/mol. The maximum atomic E-state index is 12.9. The third kappa shape index (κ3) is 4.54. The summed E-state index contributed by atoms with van der Waals surface area (Å²) in [6.45, 7) is 1.95. The molecule has 0 bridgehead atoms. The number of ether oxygens (including phenoxy) is 3. The normalized spacial score (nSPS) is 16.3. The van der Waals surface area contributed by atoms with Crippen LogP contribution in [0, 0.1) is 0 Å². The van der Waals surface area contributed by atoms with E-state index in [1.54, 1.807) is 6.07 Å². The van der Waals surface area contributed by atoms with Crippen molar-refractivity contribution in [3.8, 4) is 17.2 Å². The number of amides is 1. The highest BCUT2D eigenvalue weighted by molar-refractivity contribution is 8.00. The molecule has 0 saturated heterocycles. The van der Waals surface area contributed by atoms with Crippen LogP contribution >= 0.6 is 11.8 Å². The van der Waals surface area contributed by atoms with Gasteiger partial charge in [-0.1, -0.05) is 6.92 Å². The molecule has 0 fully saturated rings. The Kier molecular flexibility index (Phi) is 6.13. The maximum absolute atomic E-state index is 12.9. The summed E-state index contributed by atoms with van der Waals surface area (Å²) in [4.78, 5) is 12.8. The number of thioether (sulfide) groups is 1. The molecule has 1 amide bonds. The molecule has 29 heavy (non-hydrogen) atoms. The molecule has 1 heterocycles. The van der Waals surface area contributed by atoms with E-state index >= 15 is 0 Å². The first-order valence-corrected chi connectivity index (χ1v) is 11.1. The average molecular weight is 439 g/mol. The van der Waals surface area contributed by atoms with Crippen molar-refractivity contribution in [2.75, 3.05) is 31.4 Å². The number of carbonyl (C=O) groups excluding carboxylic acids is 1. The Morgan fingerprint density at radius 3 is 2.31 bits per heavy atom. The largest absolute Gasteiger partial charge is 0.493 e. The number of sulfonamides is 1. The molecule has 8 nitrogen and oxygen atoms in total. The zero-order valence-electron chi connectivity index (χ0n) is 16.4. The molecule has 0 aromatic heterocycles. The van der Waals surface area contributed by atoms with Gasteiger partial charge in [-0.15, -0.1) is 11.8 Å². The van der Waals surface area contributed by atoms with Gasteiger partial charge < -0.3 is 19.5 Å². The number of rotatable bonds is 6. The van der Waals surface area contributed by atoms with Crippen LogP contribution in [0.15, 0.2) is 40.1 Å². The lowest BCUT2D eigenvalue weighted by Crippen LogP contribution is -2.15. The molecule has 1 aliphatic heterocycles. The molecule has 10 heteroatoms. The van der Waals surface area contributed by atoms with Crippen molar-refractivity contribution in [3.05, 3.63) is 30.3 Å². The summed E-state index contributed by atoms with van der Waals surface area (Å²) in [6, 6.07) is 7.67. The highest BCUT2D eigenvalue weighted by atomic mass is 32.2. The first-order chi connectivity index (χ1) is 13.8. The smallest absolute Gasteiger partial charge is 0.261 e. The topological polar surface area (TPSA) is 103 Å². The molecule has 0 spiro atoms. The van der Waals surface area contributed by atoms with Crippen LogP contribution in [0.2, 0.25) is 0 Å². The van der Waals surface area contributed by atoms with Crippen LogP contribution < -0.4 is 24.2 Å². The molecule has 1 aliphatic rings. The standard InChI is InChI=1S/C19H22N2O6S2/c1-11-7-18(22)20-14-10-13(5-6-17(14)28-11)29(23,24)21-12-8-15(25-2)19(27-4)16(9-12)26-3/h5-6,8-11,21H,7H2,1-4H3,(H,20,22)/t11-/m0/s1. The van der Waals surface area contributed by atoms with Gasteiger partial charge in [-0.25, -0.2) is 8.42 Å². The number of anilines is 2. The van der Waals surface area contributed by atoms with E-state index in [1.165, 1.54) is 57.4 Å². The third-order valence-corrected chi connectivity index (χ3v) is 6.81. The van der Waals surface area contributed by atoms with Crippen LogP contribution in [0.1, 0.15) is 13.3 Å². The second-order valence-corrected chi connectivity index (χ2v) is 9.52. The van der Waals surface area contributed by atoms with E-state index in [1.807, 2.05) is 6.92 Å². The highest BCUT2D eigenvalue weighted by Crippen LogP contribution is 2.41. The van der Waals surface area contributed by atoms with Crippen LogP contribution in [0.5, 0.6) is 17.2 Å². The van der Waals surface area contributed by atoms with Gasteiger partial charge in [-0.05, 0) is 18.2 Å². The minimum absolute atomic E-state index is 0.0282. The quantitative estimate of drug-likeness (QED) is 0.713. The van der Waals surface area contributed by atoms with Crippen LogP contribution in [0.25, 0.3) is 0 Å². The van der Waals surface area contributed by atoms with E-state index in [2.05, 4.69) is 10.0 Å². The second-order valence-electron chi connectivity index (χ2n) is 6.36. The Morgan fingerprint density at radius 2 is 1.72 bits per heavy atom. The van der Waals surface area contributed by atoms with Gasteiger partial charge in [0.05, 0.1) is 37.6 Å². The summed E-state index contributed by atoms with van der Waals surface area (Å²) in [6.07, 6.45) is 0.366. The van der Waals surface area contributed by atoms with Crippen LogP contribution in [0.3, 0.4) is 0 Å². The van der Waals surface area contributed by atoms with Crippen LogP contribution in [-0.4, -0.2) is 40.9 Å². The molecule has 0 radical (unpaired) electrons. The Labute approximate surface area is 174 Å². The molecular weight excluding hydrogens is 416 g/mol. The first-order valence-electron chi connectivity index (χ1n) is 8.70. The third-order valence-electron chi connectivity index (χ3n) is 4.25. The Morgan fingerprint density at radius 1 is 1.07 bits per heavy atom. The summed E-state index contributed by atoms with van der Waals surface area (Å²) in [7, 11) is 0.439. The molecule has 2 aromatic carbocycles. The van der Waals surface area contributed by atoms with Gasteiger partial charge in [0.2, 0.25) is 11.7 Å². The maximum Gasteiger partial charge on any atom is 0.261 e. The molecular formula is C19H22N2O6S2. The molecule has 156 valence electrons. The van der Waals surface area contributed by atoms with Crippen molar-refractivity contribution in [1.29, 1.82) is 0 Å². The zero-order valence-corrected chi connectivity index (χ0v) is 18.1. The number of carbonyl (C=O) groups is 1. The molecule has 0 aliphatic carbocycles. The fourth-order valence-corrected chi connectivity index (χ4v) is 5.07. The van der Waals surface area contributed by atoms with Gasteiger partial charge in [-0.2, -0.15) is 0 Å². The Balaban J connectivity index is 1.96. The molecule has 2 N–H and O–H groups in total. The lowest BCUT2D eigenvalue weighted by Gasteiger charge is -2.16. The van der Waals surface area contributed by atoms with Crippen molar-refractivity contribution in [1.82, 2.24) is 0 Å². The predicted octanol–water partition coefficient (Wildman–Crippen LogP) is 3.34. The minimum atomic E-state index is -3.92.